The number of piperidine rings is 1. The molecule has 4 nitrogen and oxygen atoms in total. The average Bonchev–Trinajstić information content (AvgIpc) is 3.40. The maximum atomic E-state index is 12.8. The molecule has 4 heteroatoms. The molecule has 3 aromatic rings. The minimum Gasteiger partial charge on any atom is -0.361 e. The van der Waals surface area contributed by atoms with Crippen molar-refractivity contribution in [2.75, 3.05) is 19.6 Å². The minimum absolute atomic E-state index is 0.124. The highest BCUT2D eigenvalue weighted by molar-refractivity contribution is 5.83. The number of hydrogen-bond donors (Lipinski definition) is 2. The number of H-pyrrole nitrogens is 1. The van der Waals surface area contributed by atoms with Crippen molar-refractivity contribution in [2.45, 2.75) is 84.5 Å². The fraction of sp³-hybridized carbons (Fsp3) is 0.531. The largest absolute Gasteiger partial charge is 0.361 e. The fourth-order valence-corrected chi connectivity index (χ4v) is 5.82. The van der Waals surface area contributed by atoms with Crippen LogP contribution >= 0.6 is 0 Å². The van der Waals surface area contributed by atoms with Gasteiger partial charge in [0.05, 0.1) is 0 Å². The number of urea groups is 1. The molecule has 1 aliphatic carbocycles. The van der Waals surface area contributed by atoms with Gasteiger partial charge in [0.25, 0.3) is 0 Å². The Balaban J connectivity index is 0.000000861. The van der Waals surface area contributed by atoms with Gasteiger partial charge in [-0.15, -0.1) is 0 Å². The van der Waals surface area contributed by atoms with E-state index in [1.165, 1.54) is 47.7 Å². The van der Waals surface area contributed by atoms with Crippen LogP contribution in [-0.2, 0) is 5.41 Å². The number of aromatic amines is 1. The molecule has 0 radical (unpaired) electrons. The number of nitrogens with one attached hydrogen (secondary N) is 2. The van der Waals surface area contributed by atoms with Gasteiger partial charge in [-0.05, 0) is 73.0 Å². The first kappa shape index (κ1) is 27.8. The molecule has 0 unspecified atom stereocenters. The van der Waals surface area contributed by atoms with Gasteiger partial charge in [0, 0.05) is 36.7 Å². The van der Waals surface area contributed by atoms with Crippen LogP contribution in [0.4, 0.5) is 4.79 Å². The van der Waals surface area contributed by atoms with Crippen LogP contribution in [0.3, 0.4) is 0 Å². The molecule has 1 saturated carbocycles. The molecule has 0 bridgehead atoms. The van der Waals surface area contributed by atoms with Gasteiger partial charge in [0.2, 0.25) is 0 Å². The number of benzene rings is 2. The number of fused-ring (bicyclic) bond motifs is 1. The summed E-state index contributed by atoms with van der Waals surface area (Å²) in [5.74, 6) is 1.13. The monoisotopic (exact) mass is 489 g/mol. The lowest BCUT2D eigenvalue weighted by Crippen LogP contribution is -2.46. The quantitative estimate of drug-likeness (QED) is 0.381. The molecule has 2 N–H and O–H groups in total. The number of nitrogens with zero attached hydrogens (tertiary/aromatic N) is 1. The van der Waals surface area contributed by atoms with Gasteiger partial charge in [0.1, 0.15) is 0 Å². The number of hydrogen-bond acceptors (Lipinski definition) is 1. The molecule has 0 atom stereocenters. The maximum Gasteiger partial charge on any atom is 0.317 e. The van der Waals surface area contributed by atoms with Crippen molar-refractivity contribution in [1.29, 1.82) is 0 Å². The van der Waals surface area contributed by atoms with Crippen LogP contribution in [0.25, 0.3) is 10.9 Å². The lowest BCUT2D eigenvalue weighted by atomic mass is 9.68. The summed E-state index contributed by atoms with van der Waals surface area (Å²) in [7, 11) is 0. The molecule has 196 valence electrons. The van der Waals surface area contributed by atoms with Crippen molar-refractivity contribution in [1.82, 2.24) is 15.2 Å². The van der Waals surface area contributed by atoms with Crippen LogP contribution < -0.4 is 5.32 Å². The third kappa shape index (κ3) is 6.52. The average molecular weight is 490 g/mol. The van der Waals surface area contributed by atoms with Crippen LogP contribution in [0.1, 0.15) is 90.2 Å². The highest BCUT2D eigenvalue weighted by Crippen LogP contribution is 2.41. The van der Waals surface area contributed by atoms with E-state index in [1.54, 1.807) is 0 Å². The fourth-order valence-electron chi connectivity index (χ4n) is 5.82. The van der Waals surface area contributed by atoms with Gasteiger partial charge in [0.15, 0.2) is 0 Å². The molecule has 2 fully saturated rings. The number of rotatable bonds is 4. The van der Waals surface area contributed by atoms with Crippen molar-refractivity contribution in [2.24, 2.45) is 5.92 Å². The van der Waals surface area contributed by atoms with E-state index in [9.17, 15) is 4.79 Å². The molecule has 1 aromatic heterocycles. The third-order valence-electron chi connectivity index (χ3n) is 8.06. The maximum absolute atomic E-state index is 12.8. The molecule has 0 spiro atoms. The van der Waals surface area contributed by atoms with E-state index in [0.29, 0.717) is 11.8 Å². The van der Waals surface area contributed by atoms with Gasteiger partial charge < -0.3 is 15.2 Å². The number of aromatic nitrogens is 1. The Kier molecular flexibility index (Phi) is 10.5. The second kappa shape index (κ2) is 13.5. The Bertz CT molecular complexity index is 1040. The van der Waals surface area contributed by atoms with Crippen LogP contribution in [0.15, 0.2) is 60.8 Å². The van der Waals surface area contributed by atoms with E-state index in [2.05, 4.69) is 78.0 Å². The first-order valence-corrected chi connectivity index (χ1v) is 14.3. The Morgan fingerprint density at radius 3 is 2.19 bits per heavy atom. The molecule has 2 heterocycles. The summed E-state index contributed by atoms with van der Waals surface area (Å²) in [6.45, 7) is 12.9. The topological polar surface area (TPSA) is 48.1 Å². The van der Waals surface area contributed by atoms with Crippen LogP contribution in [0.5, 0.6) is 0 Å². The number of para-hydroxylation sites is 1. The van der Waals surface area contributed by atoms with Crippen molar-refractivity contribution < 1.29 is 4.79 Å². The molecule has 36 heavy (non-hydrogen) atoms. The summed E-state index contributed by atoms with van der Waals surface area (Å²) in [6, 6.07) is 19.6. The van der Waals surface area contributed by atoms with Crippen LogP contribution in [-0.4, -0.2) is 35.5 Å². The molecular formula is C32H47N3O. The normalized spacial score (nSPS) is 22.1. The summed E-state index contributed by atoms with van der Waals surface area (Å²) in [4.78, 5) is 18.2. The smallest absolute Gasteiger partial charge is 0.317 e. The van der Waals surface area contributed by atoms with E-state index < -0.39 is 0 Å². The van der Waals surface area contributed by atoms with Crippen molar-refractivity contribution >= 4 is 16.9 Å². The third-order valence-corrected chi connectivity index (χ3v) is 8.06. The summed E-state index contributed by atoms with van der Waals surface area (Å²) in [5.41, 5.74) is 4.36. The van der Waals surface area contributed by atoms with Crippen LogP contribution in [0, 0.1) is 5.92 Å². The first-order valence-electron chi connectivity index (χ1n) is 14.3. The van der Waals surface area contributed by atoms with Crippen LogP contribution in [0.2, 0.25) is 0 Å². The van der Waals surface area contributed by atoms with Crippen molar-refractivity contribution in [3.05, 3.63) is 71.9 Å². The number of carbonyl (C=O) groups is 1. The number of amides is 2. The lowest BCUT2D eigenvalue weighted by Gasteiger charge is -2.38. The zero-order valence-corrected chi connectivity index (χ0v) is 23.1. The Morgan fingerprint density at radius 1 is 0.917 bits per heavy atom. The van der Waals surface area contributed by atoms with Crippen molar-refractivity contribution in [3.8, 4) is 0 Å². The zero-order valence-electron chi connectivity index (χ0n) is 23.1. The minimum atomic E-state index is 0.124. The molecular weight excluding hydrogens is 442 g/mol. The zero-order chi connectivity index (χ0) is 26.0. The second-order valence-electron chi connectivity index (χ2n) is 10.1. The van der Waals surface area contributed by atoms with Gasteiger partial charge >= 0.3 is 6.03 Å². The predicted molar refractivity (Wildman–Crippen MR) is 154 cm³/mol. The summed E-state index contributed by atoms with van der Waals surface area (Å²) < 4.78 is 0. The summed E-state index contributed by atoms with van der Waals surface area (Å²) in [5, 5.41) is 4.58. The number of carbonyl (C=O) groups excluding carboxylic acids is 1. The highest BCUT2D eigenvalue weighted by atomic mass is 16.2. The van der Waals surface area contributed by atoms with E-state index >= 15 is 0 Å². The van der Waals surface area contributed by atoms with Gasteiger partial charge in [-0.3, -0.25) is 0 Å². The highest BCUT2D eigenvalue weighted by Gasteiger charge is 2.33. The van der Waals surface area contributed by atoms with E-state index in [4.69, 9.17) is 0 Å². The molecule has 2 aliphatic rings. The Hall–Kier alpha value is -2.75. The lowest BCUT2D eigenvalue weighted by molar-refractivity contribution is 0.175. The van der Waals surface area contributed by atoms with E-state index in [0.717, 1.165) is 32.5 Å². The number of likely N-dealkylation sites (tertiary alicyclic amines) is 1. The summed E-state index contributed by atoms with van der Waals surface area (Å²) >= 11 is 0. The molecule has 2 aromatic carbocycles. The Morgan fingerprint density at radius 2 is 1.53 bits per heavy atom. The predicted octanol–water partition coefficient (Wildman–Crippen LogP) is 8.26. The second-order valence-corrected chi connectivity index (χ2v) is 10.1. The van der Waals surface area contributed by atoms with Gasteiger partial charge in [-0.1, -0.05) is 83.1 Å². The van der Waals surface area contributed by atoms with Gasteiger partial charge in [-0.2, -0.15) is 0 Å². The van der Waals surface area contributed by atoms with Gasteiger partial charge in [-0.25, -0.2) is 4.79 Å². The van der Waals surface area contributed by atoms with E-state index in [1.807, 2.05) is 32.6 Å². The Labute approximate surface area is 218 Å². The molecule has 1 saturated heterocycles. The molecule has 1 aliphatic heterocycles. The first-order chi connectivity index (χ1) is 17.6. The molecule has 5 rings (SSSR count). The SMILES string of the molecule is CC.CC.CC1(c2ccccc2)CCC(CNC(=O)N2CCC(c3c[nH]c4ccccc34)CC2)CC1. The molecule has 2 amide bonds. The van der Waals surface area contributed by atoms with Crippen molar-refractivity contribution in [3.63, 3.8) is 0 Å². The summed E-state index contributed by atoms with van der Waals surface area (Å²) in [6.07, 6.45) is 9.02. The standard InChI is InChI=1S/C28H35N3O.2C2H6/c1-28(23-7-3-2-4-8-23)15-11-21(12-16-28)19-30-27(32)31-17-13-22(14-18-31)25-20-29-26-10-6-5-9-24(25)26;2*1-2/h2-10,20-22,29H,11-19H2,1H3,(H,30,32);2*1-2H3. The van der Waals surface area contributed by atoms with E-state index in [-0.39, 0.29) is 11.4 Å².